The number of fused-ring (bicyclic) bond motifs is 1. The minimum Gasteiger partial charge on any atom is -0.487 e. The maximum absolute atomic E-state index is 13.4. The zero-order chi connectivity index (χ0) is 18.4. The van der Waals surface area contributed by atoms with Crippen molar-refractivity contribution in [2.75, 3.05) is 13.2 Å². The van der Waals surface area contributed by atoms with E-state index in [1.54, 1.807) is 41.1 Å². The molecule has 0 aliphatic carbocycles. The van der Waals surface area contributed by atoms with E-state index in [-0.39, 0.29) is 37.4 Å². The van der Waals surface area contributed by atoms with Gasteiger partial charge in [0.25, 0.3) is 0 Å². The summed E-state index contributed by atoms with van der Waals surface area (Å²) in [5.41, 5.74) is 0.500. The van der Waals surface area contributed by atoms with E-state index in [2.05, 4.69) is 5.10 Å². The Morgan fingerprint density at radius 2 is 1.85 bits per heavy atom. The predicted octanol–water partition coefficient (Wildman–Crippen LogP) is 2.55. The molecule has 0 saturated heterocycles. The zero-order valence-electron chi connectivity index (χ0n) is 13.9. The number of ether oxygens (including phenoxy) is 2. The molecule has 0 spiro atoms. The van der Waals surface area contributed by atoms with Gasteiger partial charge in [-0.05, 0) is 24.3 Å². The van der Waals surface area contributed by atoms with Crippen LogP contribution in [0.2, 0.25) is 0 Å². The van der Waals surface area contributed by atoms with Crippen LogP contribution in [0, 0.1) is 5.82 Å². The van der Waals surface area contributed by atoms with Crippen molar-refractivity contribution in [1.82, 2.24) is 9.78 Å². The van der Waals surface area contributed by atoms with E-state index in [0.717, 1.165) is 0 Å². The van der Waals surface area contributed by atoms with Crippen LogP contribution in [0.1, 0.15) is 6.42 Å². The third kappa shape index (κ3) is 4.24. The average molecular weight is 356 g/mol. The van der Waals surface area contributed by atoms with Gasteiger partial charge in [0.05, 0.1) is 24.7 Å². The molecule has 134 valence electrons. The lowest BCUT2D eigenvalue weighted by molar-refractivity contribution is -0.144. The fraction of sp³-hybridized carbons (Fsp3) is 0.211. The van der Waals surface area contributed by atoms with Gasteiger partial charge in [-0.2, -0.15) is 5.10 Å². The van der Waals surface area contributed by atoms with Gasteiger partial charge in [0.15, 0.2) is 11.6 Å². The van der Waals surface area contributed by atoms with Crippen LogP contribution in [-0.2, 0) is 16.1 Å². The lowest BCUT2D eigenvalue weighted by atomic mass is 10.2. The second-order valence-electron chi connectivity index (χ2n) is 5.50. The molecule has 0 aliphatic heterocycles. The molecule has 3 aromatic rings. The van der Waals surface area contributed by atoms with Gasteiger partial charge >= 0.3 is 5.97 Å². The SMILES string of the molecule is O=C(CCn1ncc(=O)c2ccccc21)OCCOc1ccccc1F. The van der Waals surface area contributed by atoms with Gasteiger partial charge in [-0.25, -0.2) is 4.39 Å². The number of hydrogen-bond acceptors (Lipinski definition) is 5. The summed E-state index contributed by atoms with van der Waals surface area (Å²) in [5.74, 6) is -0.769. The Labute approximate surface area is 148 Å². The normalized spacial score (nSPS) is 10.7. The van der Waals surface area contributed by atoms with Gasteiger partial charge in [0.1, 0.15) is 13.2 Å². The summed E-state index contributed by atoms with van der Waals surface area (Å²) >= 11 is 0. The largest absolute Gasteiger partial charge is 0.487 e. The molecule has 1 aromatic heterocycles. The number of hydrogen-bond donors (Lipinski definition) is 0. The van der Waals surface area contributed by atoms with Gasteiger partial charge in [0, 0.05) is 5.39 Å². The van der Waals surface area contributed by atoms with Crippen LogP contribution in [0.25, 0.3) is 10.9 Å². The molecule has 0 amide bonds. The number of para-hydroxylation sites is 2. The van der Waals surface area contributed by atoms with E-state index in [9.17, 15) is 14.0 Å². The van der Waals surface area contributed by atoms with E-state index in [4.69, 9.17) is 9.47 Å². The fourth-order valence-electron chi connectivity index (χ4n) is 2.48. The number of rotatable bonds is 7. The first-order valence-electron chi connectivity index (χ1n) is 8.13. The van der Waals surface area contributed by atoms with Gasteiger partial charge in [-0.3, -0.25) is 14.3 Å². The fourth-order valence-corrected chi connectivity index (χ4v) is 2.48. The molecule has 0 unspecified atom stereocenters. The molecular formula is C19H17FN2O4. The molecule has 0 fully saturated rings. The van der Waals surface area contributed by atoms with Crippen LogP contribution in [0.4, 0.5) is 4.39 Å². The molecule has 7 heteroatoms. The number of carbonyl (C=O) groups excluding carboxylic acids is 1. The highest BCUT2D eigenvalue weighted by Crippen LogP contribution is 2.15. The van der Waals surface area contributed by atoms with E-state index in [0.29, 0.717) is 10.9 Å². The van der Waals surface area contributed by atoms with Gasteiger partial charge < -0.3 is 9.47 Å². The van der Waals surface area contributed by atoms with Crippen LogP contribution < -0.4 is 10.2 Å². The quantitative estimate of drug-likeness (QED) is 0.481. The molecule has 3 rings (SSSR count). The number of aromatic nitrogens is 2. The number of nitrogens with zero attached hydrogens (tertiary/aromatic N) is 2. The van der Waals surface area contributed by atoms with E-state index in [1.165, 1.54) is 18.3 Å². The highest BCUT2D eigenvalue weighted by atomic mass is 19.1. The monoisotopic (exact) mass is 356 g/mol. The van der Waals surface area contributed by atoms with Crippen molar-refractivity contribution >= 4 is 16.9 Å². The number of carbonyl (C=O) groups is 1. The second kappa shape index (κ2) is 8.24. The summed E-state index contributed by atoms with van der Waals surface area (Å²) in [7, 11) is 0. The van der Waals surface area contributed by atoms with Crippen molar-refractivity contribution in [1.29, 1.82) is 0 Å². The van der Waals surface area contributed by atoms with Crippen LogP contribution >= 0.6 is 0 Å². The smallest absolute Gasteiger partial charge is 0.307 e. The van der Waals surface area contributed by atoms with Crippen LogP contribution in [0.5, 0.6) is 5.75 Å². The molecule has 0 saturated carbocycles. The lowest BCUT2D eigenvalue weighted by Gasteiger charge is -2.10. The number of aryl methyl sites for hydroxylation is 1. The molecule has 26 heavy (non-hydrogen) atoms. The zero-order valence-corrected chi connectivity index (χ0v) is 13.9. The third-order valence-electron chi connectivity index (χ3n) is 3.73. The van der Waals surface area contributed by atoms with Crippen LogP contribution in [0.15, 0.2) is 59.5 Å². The maximum atomic E-state index is 13.4. The van der Waals surface area contributed by atoms with Crippen LogP contribution in [-0.4, -0.2) is 29.0 Å². The highest BCUT2D eigenvalue weighted by Gasteiger charge is 2.08. The highest BCUT2D eigenvalue weighted by molar-refractivity contribution is 5.78. The van der Waals surface area contributed by atoms with Crippen molar-refractivity contribution in [2.24, 2.45) is 0 Å². The van der Waals surface area contributed by atoms with Crippen molar-refractivity contribution in [3.8, 4) is 5.75 Å². The summed E-state index contributed by atoms with van der Waals surface area (Å²) in [6, 6.07) is 13.1. The Morgan fingerprint density at radius 1 is 1.08 bits per heavy atom. The molecule has 1 heterocycles. The number of esters is 1. The number of benzene rings is 2. The van der Waals surface area contributed by atoms with E-state index < -0.39 is 11.8 Å². The Kier molecular flexibility index (Phi) is 5.58. The molecule has 0 N–H and O–H groups in total. The van der Waals surface area contributed by atoms with E-state index in [1.807, 2.05) is 0 Å². The third-order valence-corrected chi connectivity index (χ3v) is 3.73. The first kappa shape index (κ1) is 17.6. The average Bonchev–Trinajstić information content (AvgIpc) is 2.66. The van der Waals surface area contributed by atoms with Crippen molar-refractivity contribution in [3.05, 3.63) is 70.8 Å². The molecule has 2 aromatic carbocycles. The molecular weight excluding hydrogens is 339 g/mol. The van der Waals surface area contributed by atoms with Gasteiger partial charge in [0.2, 0.25) is 5.43 Å². The predicted molar refractivity (Wildman–Crippen MR) is 93.5 cm³/mol. The minimum atomic E-state index is -0.463. The Hall–Kier alpha value is -3.22. The van der Waals surface area contributed by atoms with Crippen molar-refractivity contribution in [2.45, 2.75) is 13.0 Å². The topological polar surface area (TPSA) is 70.4 Å². The Balaban J connectivity index is 1.48. The lowest BCUT2D eigenvalue weighted by Crippen LogP contribution is -2.17. The maximum Gasteiger partial charge on any atom is 0.307 e. The molecule has 0 aliphatic rings. The van der Waals surface area contributed by atoms with E-state index >= 15 is 0 Å². The van der Waals surface area contributed by atoms with Gasteiger partial charge in [-0.1, -0.05) is 24.3 Å². The summed E-state index contributed by atoms with van der Waals surface area (Å²) < 4.78 is 25.3. The molecule has 0 atom stereocenters. The van der Waals surface area contributed by atoms with Crippen LogP contribution in [0.3, 0.4) is 0 Å². The molecule has 0 radical (unpaired) electrons. The summed E-state index contributed by atoms with van der Waals surface area (Å²) in [6.45, 7) is 0.366. The summed E-state index contributed by atoms with van der Waals surface area (Å²) in [6.07, 6.45) is 1.33. The number of halogens is 1. The second-order valence-corrected chi connectivity index (χ2v) is 5.50. The minimum absolute atomic E-state index is 0.0194. The van der Waals surface area contributed by atoms with Crippen molar-refractivity contribution in [3.63, 3.8) is 0 Å². The van der Waals surface area contributed by atoms with Gasteiger partial charge in [-0.15, -0.1) is 0 Å². The molecule has 0 bridgehead atoms. The Morgan fingerprint density at radius 3 is 2.69 bits per heavy atom. The summed E-state index contributed by atoms with van der Waals surface area (Å²) in [5, 5.41) is 4.60. The molecule has 6 nitrogen and oxygen atoms in total. The Bertz CT molecular complexity index is 971. The van der Waals surface area contributed by atoms with Crippen molar-refractivity contribution < 1.29 is 18.7 Å². The standard InChI is InChI=1S/C19H17FN2O4/c20-15-6-2-4-8-18(15)25-11-12-26-19(24)9-10-22-16-7-3-1-5-14(16)17(23)13-21-22/h1-8,13H,9-12H2. The first-order valence-corrected chi connectivity index (χ1v) is 8.13. The summed E-state index contributed by atoms with van der Waals surface area (Å²) in [4.78, 5) is 23.6. The first-order chi connectivity index (χ1) is 12.6.